The molecule has 0 spiro atoms. The number of sulfonamides is 1. The highest BCUT2D eigenvalue weighted by Crippen LogP contribution is 2.24. The fourth-order valence-corrected chi connectivity index (χ4v) is 4.65. The van der Waals surface area contributed by atoms with Gasteiger partial charge in [-0.3, -0.25) is 14.0 Å². The number of hydrogen-bond acceptors (Lipinski definition) is 5. The van der Waals surface area contributed by atoms with E-state index in [-0.39, 0.29) is 11.7 Å². The molecule has 24 heavy (non-hydrogen) atoms. The molecule has 1 amide bonds. The number of amides is 1. The molecule has 2 aliphatic heterocycles. The van der Waals surface area contributed by atoms with Crippen LogP contribution in [0.2, 0.25) is 0 Å². The number of rotatable bonds is 5. The normalized spacial score (nSPS) is 20.9. The summed E-state index contributed by atoms with van der Waals surface area (Å²) in [4.78, 5) is 14.6. The van der Waals surface area contributed by atoms with Crippen LogP contribution in [0.1, 0.15) is 16.8 Å². The summed E-state index contributed by atoms with van der Waals surface area (Å²) in [5, 5.41) is 6.21. The van der Waals surface area contributed by atoms with Crippen LogP contribution in [0.3, 0.4) is 0 Å². The van der Waals surface area contributed by atoms with Crippen LogP contribution in [-0.4, -0.2) is 70.8 Å². The lowest BCUT2D eigenvalue weighted by atomic mass is 10.2. The van der Waals surface area contributed by atoms with Gasteiger partial charge in [-0.2, -0.15) is 0 Å². The number of piperazine rings is 1. The molecule has 1 aromatic rings. The summed E-state index contributed by atoms with van der Waals surface area (Å²) in [5.41, 5.74) is 1.07. The highest BCUT2D eigenvalue weighted by molar-refractivity contribution is 7.93. The molecule has 0 saturated carbocycles. The molecule has 0 bridgehead atoms. The average Bonchev–Trinajstić information content (AvgIpc) is 2.95. The second-order valence-electron chi connectivity index (χ2n) is 6.14. The lowest BCUT2D eigenvalue weighted by molar-refractivity contribution is 0.0947. The topological polar surface area (TPSA) is 81.8 Å². The standard InChI is InChI=1S/C16H24N4O3S/c21-16(18-7-11-19-9-5-17-6-10-19)14-3-1-4-15(13-14)20-8-2-12-24(20,22)23/h1,3-4,13,17H,2,5-12H2,(H,18,21). The molecule has 2 heterocycles. The summed E-state index contributed by atoms with van der Waals surface area (Å²) in [7, 11) is -3.23. The smallest absolute Gasteiger partial charge is 0.251 e. The van der Waals surface area contributed by atoms with E-state index in [4.69, 9.17) is 0 Å². The van der Waals surface area contributed by atoms with Gasteiger partial charge >= 0.3 is 0 Å². The van der Waals surface area contributed by atoms with Crippen LogP contribution >= 0.6 is 0 Å². The Bertz CT molecular complexity index is 686. The van der Waals surface area contributed by atoms with Crippen LogP contribution in [0.25, 0.3) is 0 Å². The maximum Gasteiger partial charge on any atom is 0.251 e. The molecule has 2 N–H and O–H groups in total. The molecule has 2 aliphatic rings. The van der Waals surface area contributed by atoms with E-state index in [2.05, 4.69) is 15.5 Å². The summed E-state index contributed by atoms with van der Waals surface area (Å²) in [6, 6.07) is 6.84. The Morgan fingerprint density at radius 1 is 1.21 bits per heavy atom. The number of nitrogens with zero attached hydrogens (tertiary/aromatic N) is 2. The van der Waals surface area contributed by atoms with E-state index < -0.39 is 10.0 Å². The molecule has 0 atom stereocenters. The highest BCUT2D eigenvalue weighted by atomic mass is 32.2. The van der Waals surface area contributed by atoms with E-state index >= 15 is 0 Å². The molecule has 0 aromatic heterocycles. The molecule has 1 aromatic carbocycles. The zero-order valence-electron chi connectivity index (χ0n) is 13.7. The van der Waals surface area contributed by atoms with Crippen molar-refractivity contribution in [1.82, 2.24) is 15.5 Å². The van der Waals surface area contributed by atoms with Crippen LogP contribution in [-0.2, 0) is 10.0 Å². The van der Waals surface area contributed by atoms with Crippen LogP contribution < -0.4 is 14.9 Å². The summed E-state index contributed by atoms with van der Waals surface area (Å²) in [6.45, 7) is 5.87. The van der Waals surface area contributed by atoms with Crippen LogP contribution in [0.15, 0.2) is 24.3 Å². The molecule has 2 saturated heterocycles. The first-order valence-electron chi connectivity index (χ1n) is 8.38. The third-order valence-electron chi connectivity index (χ3n) is 4.42. The van der Waals surface area contributed by atoms with E-state index in [1.54, 1.807) is 24.3 Å². The van der Waals surface area contributed by atoms with Crippen LogP contribution in [0.4, 0.5) is 5.69 Å². The van der Waals surface area contributed by atoms with Crippen molar-refractivity contribution in [3.8, 4) is 0 Å². The van der Waals surface area contributed by atoms with Crippen LogP contribution in [0, 0.1) is 0 Å². The maximum absolute atomic E-state index is 12.3. The molecule has 3 rings (SSSR count). The Balaban J connectivity index is 1.58. The largest absolute Gasteiger partial charge is 0.351 e. The number of nitrogens with one attached hydrogen (secondary N) is 2. The van der Waals surface area contributed by atoms with Crippen molar-refractivity contribution in [2.24, 2.45) is 0 Å². The van der Waals surface area contributed by atoms with Gasteiger partial charge in [-0.25, -0.2) is 8.42 Å². The van der Waals surface area contributed by atoms with E-state index in [1.165, 1.54) is 4.31 Å². The first kappa shape index (κ1) is 17.2. The number of anilines is 1. The van der Waals surface area contributed by atoms with Gasteiger partial charge < -0.3 is 10.6 Å². The Hall–Kier alpha value is -1.64. The van der Waals surface area contributed by atoms with Crippen molar-refractivity contribution in [2.75, 3.05) is 55.9 Å². The first-order chi connectivity index (χ1) is 11.6. The third kappa shape index (κ3) is 4.06. The average molecular weight is 352 g/mol. The van der Waals surface area contributed by atoms with Gasteiger partial charge in [0.25, 0.3) is 5.91 Å². The Kier molecular flexibility index (Phi) is 5.37. The second-order valence-corrected chi connectivity index (χ2v) is 8.15. The maximum atomic E-state index is 12.3. The van der Waals surface area contributed by atoms with Crippen molar-refractivity contribution in [3.63, 3.8) is 0 Å². The Morgan fingerprint density at radius 3 is 2.71 bits per heavy atom. The third-order valence-corrected chi connectivity index (χ3v) is 6.29. The predicted octanol–water partition coefficient (Wildman–Crippen LogP) is -0.138. The predicted molar refractivity (Wildman–Crippen MR) is 93.8 cm³/mol. The van der Waals surface area contributed by atoms with Gasteiger partial charge in [-0.15, -0.1) is 0 Å². The molecule has 0 aliphatic carbocycles. The van der Waals surface area contributed by atoms with Crippen molar-refractivity contribution in [3.05, 3.63) is 29.8 Å². The molecular formula is C16H24N4O3S. The minimum absolute atomic E-state index is 0.163. The van der Waals surface area contributed by atoms with Crippen molar-refractivity contribution < 1.29 is 13.2 Å². The van der Waals surface area contributed by atoms with E-state index in [1.807, 2.05) is 0 Å². The molecule has 0 radical (unpaired) electrons. The van der Waals surface area contributed by atoms with Gasteiger partial charge in [0, 0.05) is 51.4 Å². The summed E-state index contributed by atoms with van der Waals surface area (Å²) in [5.74, 6) is 0.0114. The lowest BCUT2D eigenvalue weighted by Crippen LogP contribution is -2.46. The van der Waals surface area contributed by atoms with Crippen LogP contribution in [0.5, 0.6) is 0 Å². The first-order valence-corrected chi connectivity index (χ1v) is 9.99. The van der Waals surface area contributed by atoms with E-state index in [0.29, 0.717) is 30.8 Å². The molecule has 2 fully saturated rings. The number of carbonyl (C=O) groups excluding carboxylic acids is 1. The summed E-state index contributed by atoms with van der Waals surface area (Å²) < 4.78 is 25.4. The Morgan fingerprint density at radius 2 is 2.00 bits per heavy atom. The molecule has 8 heteroatoms. The van der Waals surface area contributed by atoms with Gasteiger partial charge in [0.2, 0.25) is 10.0 Å². The summed E-state index contributed by atoms with van der Waals surface area (Å²) >= 11 is 0. The molecule has 132 valence electrons. The minimum Gasteiger partial charge on any atom is -0.351 e. The fourth-order valence-electron chi connectivity index (χ4n) is 3.10. The van der Waals surface area contributed by atoms with Crippen molar-refractivity contribution in [1.29, 1.82) is 0 Å². The van der Waals surface area contributed by atoms with Gasteiger partial charge in [-0.05, 0) is 24.6 Å². The second kappa shape index (κ2) is 7.50. The van der Waals surface area contributed by atoms with E-state index in [0.717, 1.165) is 32.7 Å². The fraction of sp³-hybridized carbons (Fsp3) is 0.562. The van der Waals surface area contributed by atoms with Gasteiger partial charge in [-0.1, -0.05) is 6.07 Å². The molecular weight excluding hydrogens is 328 g/mol. The number of hydrogen-bond donors (Lipinski definition) is 2. The molecule has 7 nitrogen and oxygen atoms in total. The minimum atomic E-state index is -3.23. The number of carbonyl (C=O) groups is 1. The number of benzene rings is 1. The molecule has 0 unspecified atom stereocenters. The van der Waals surface area contributed by atoms with Gasteiger partial charge in [0.1, 0.15) is 0 Å². The SMILES string of the molecule is O=C(NCCN1CCNCC1)c1cccc(N2CCCS2(=O)=O)c1. The Labute approximate surface area is 143 Å². The zero-order valence-corrected chi connectivity index (χ0v) is 14.5. The van der Waals surface area contributed by atoms with Gasteiger partial charge in [0.05, 0.1) is 11.4 Å². The van der Waals surface area contributed by atoms with E-state index in [9.17, 15) is 13.2 Å². The summed E-state index contributed by atoms with van der Waals surface area (Å²) in [6.07, 6.45) is 0.628. The van der Waals surface area contributed by atoms with Crippen molar-refractivity contribution in [2.45, 2.75) is 6.42 Å². The zero-order chi connectivity index (χ0) is 17.0. The highest BCUT2D eigenvalue weighted by Gasteiger charge is 2.28. The van der Waals surface area contributed by atoms with Crippen molar-refractivity contribution >= 4 is 21.6 Å². The quantitative estimate of drug-likeness (QED) is 0.771. The van der Waals surface area contributed by atoms with Gasteiger partial charge in [0.15, 0.2) is 0 Å². The lowest BCUT2D eigenvalue weighted by Gasteiger charge is -2.27. The monoisotopic (exact) mass is 352 g/mol.